The molecule has 1 atom stereocenters. The zero-order valence-corrected chi connectivity index (χ0v) is 13.3. The number of rotatable bonds is 6. The van der Waals surface area contributed by atoms with Gasteiger partial charge in [-0.15, -0.1) is 0 Å². The molecule has 1 aliphatic heterocycles. The summed E-state index contributed by atoms with van der Waals surface area (Å²) in [4.78, 5) is 19.1. The summed E-state index contributed by atoms with van der Waals surface area (Å²) < 4.78 is 0. The van der Waals surface area contributed by atoms with Crippen molar-refractivity contribution in [1.82, 2.24) is 20.6 Å². The third-order valence-electron chi connectivity index (χ3n) is 4.37. The lowest BCUT2D eigenvalue weighted by Crippen LogP contribution is -2.30. The maximum absolute atomic E-state index is 12.1. The van der Waals surface area contributed by atoms with Crippen molar-refractivity contribution in [3.05, 3.63) is 53.6 Å². The lowest BCUT2D eigenvalue weighted by Gasteiger charge is -2.22. The summed E-state index contributed by atoms with van der Waals surface area (Å²) in [6.45, 7) is 2.86. The molecule has 3 N–H and O–H groups in total. The number of piperidine rings is 1. The van der Waals surface area contributed by atoms with E-state index in [0.717, 1.165) is 43.1 Å². The number of carbonyl (C=O) groups is 1. The van der Waals surface area contributed by atoms with E-state index in [0.29, 0.717) is 6.54 Å². The molecule has 0 spiro atoms. The molecule has 0 saturated carbocycles. The first-order chi connectivity index (χ1) is 11.3. The van der Waals surface area contributed by atoms with Crippen molar-refractivity contribution in [3.63, 3.8) is 0 Å². The maximum atomic E-state index is 12.1. The van der Waals surface area contributed by atoms with Gasteiger partial charge in [0.25, 0.3) is 5.91 Å². The Morgan fingerprint density at radius 2 is 2.17 bits per heavy atom. The van der Waals surface area contributed by atoms with Gasteiger partial charge in [-0.1, -0.05) is 12.1 Å². The van der Waals surface area contributed by atoms with Crippen molar-refractivity contribution < 1.29 is 4.79 Å². The molecule has 23 heavy (non-hydrogen) atoms. The molecular weight excluding hydrogens is 288 g/mol. The Bertz CT molecular complexity index is 600. The van der Waals surface area contributed by atoms with Crippen LogP contribution in [0.3, 0.4) is 0 Å². The number of amides is 1. The van der Waals surface area contributed by atoms with Crippen LogP contribution in [-0.4, -0.2) is 35.5 Å². The number of aromatic nitrogens is 2. The Kier molecular flexibility index (Phi) is 5.42. The van der Waals surface area contributed by atoms with Crippen molar-refractivity contribution in [2.24, 2.45) is 5.92 Å². The van der Waals surface area contributed by atoms with E-state index >= 15 is 0 Å². The summed E-state index contributed by atoms with van der Waals surface area (Å²) in [7, 11) is 0. The smallest absolute Gasteiger partial charge is 0.251 e. The van der Waals surface area contributed by atoms with Gasteiger partial charge in [0, 0.05) is 30.4 Å². The quantitative estimate of drug-likeness (QED) is 0.763. The van der Waals surface area contributed by atoms with Gasteiger partial charge in [0.2, 0.25) is 0 Å². The molecule has 1 fully saturated rings. The molecule has 1 saturated heterocycles. The molecule has 1 amide bonds. The molecule has 2 heterocycles. The first-order valence-electron chi connectivity index (χ1n) is 8.36. The van der Waals surface area contributed by atoms with Crippen LogP contribution in [0.15, 0.2) is 36.8 Å². The number of aromatic amines is 1. The predicted molar refractivity (Wildman–Crippen MR) is 90.4 cm³/mol. The summed E-state index contributed by atoms with van der Waals surface area (Å²) in [6.07, 6.45) is 7.84. The van der Waals surface area contributed by atoms with E-state index in [1.54, 1.807) is 12.5 Å². The van der Waals surface area contributed by atoms with E-state index < -0.39 is 0 Å². The largest absolute Gasteiger partial charge is 0.352 e. The van der Waals surface area contributed by atoms with Crippen molar-refractivity contribution in [3.8, 4) is 0 Å². The van der Waals surface area contributed by atoms with Crippen LogP contribution in [0.1, 0.15) is 34.5 Å². The van der Waals surface area contributed by atoms with E-state index in [-0.39, 0.29) is 5.91 Å². The fourth-order valence-corrected chi connectivity index (χ4v) is 3.06. The van der Waals surface area contributed by atoms with E-state index in [4.69, 9.17) is 0 Å². The lowest BCUT2D eigenvalue weighted by molar-refractivity contribution is 0.0954. The first kappa shape index (κ1) is 15.7. The van der Waals surface area contributed by atoms with Gasteiger partial charge >= 0.3 is 0 Å². The van der Waals surface area contributed by atoms with Crippen LogP contribution in [0.5, 0.6) is 0 Å². The summed E-state index contributed by atoms with van der Waals surface area (Å²) in [5.41, 5.74) is 3.06. The third-order valence-corrected chi connectivity index (χ3v) is 4.37. The average molecular weight is 312 g/mol. The topological polar surface area (TPSA) is 69.8 Å². The van der Waals surface area contributed by atoms with Gasteiger partial charge in [0.05, 0.1) is 6.33 Å². The third kappa shape index (κ3) is 4.66. The van der Waals surface area contributed by atoms with Gasteiger partial charge in [-0.2, -0.15) is 0 Å². The summed E-state index contributed by atoms with van der Waals surface area (Å²) >= 11 is 0. The Morgan fingerprint density at radius 3 is 2.87 bits per heavy atom. The van der Waals surface area contributed by atoms with Crippen LogP contribution in [0.2, 0.25) is 0 Å². The van der Waals surface area contributed by atoms with E-state index in [2.05, 4.69) is 32.7 Å². The number of hydrogen-bond donors (Lipinski definition) is 3. The van der Waals surface area contributed by atoms with Gasteiger partial charge in [-0.3, -0.25) is 4.79 Å². The van der Waals surface area contributed by atoms with Crippen molar-refractivity contribution in [1.29, 1.82) is 0 Å². The zero-order valence-electron chi connectivity index (χ0n) is 13.3. The summed E-state index contributed by atoms with van der Waals surface area (Å²) in [6, 6.07) is 8.02. The normalized spacial score (nSPS) is 17.8. The molecule has 0 aliphatic carbocycles. The van der Waals surface area contributed by atoms with Gasteiger partial charge in [0.1, 0.15) is 0 Å². The number of carbonyl (C=O) groups excluding carboxylic acids is 1. The van der Waals surface area contributed by atoms with Gasteiger partial charge in [-0.05, 0) is 56.0 Å². The molecule has 5 heteroatoms. The Balaban J connectivity index is 1.46. The Labute approximate surface area is 136 Å². The second-order valence-electron chi connectivity index (χ2n) is 6.20. The minimum Gasteiger partial charge on any atom is -0.352 e. The standard InChI is InChI=1S/C18H24N4O/c23-18(21-9-7-17-12-20-13-22-17)16-5-3-14(4-6-16)10-15-2-1-8-19-11-15/h3-6,12-13,15,19H,1-2,7-11H2,(H,20,22)(H,21,23). The van der Waals surface area contributed by atoms with Crippen LogP contribution in [0.25, 0.3) is 0 Å². The fourth-order valence-electron chi connectivity index (χ4n) is 3.06. The molecule has 0 bridgehead atoms. The molecule has 1 aromatic carbocycles. The van der Waals surface area contributed by atoms with Crippen LogP contribution in [0, 0.1) is 5.92 Å². The van der Waals surface area contributed by atoms with E-state index in [1.807, 2.05) is 12.1 Å². The highest BCUT2D eigenvalue weighted by molar-refractivity contribution is 5.94. The number of imidazole rings is 1. The molecule has 1 unspecified atom stereocenters. The molecule has 0 radical (unpaired) electrons. The first-order valence-corrected chi connectivity index (χ1v) is 8.36. The minimum absolute atomic E-state index is 0.0181. The van der Waals surface area contributed by atoms with Gasteiger partial charge in [0.15, 0.2) is 0 Å². The molecule has 3 rings (SSSR count). The maximum Gasteiger partial charge on any atom is 0.251 e. The summed E-state index contributed by atoms with van der Waals surface area (Å²) in [5, 5.41) is 6.39. The SMILES string of the molecule is O=C(NCCc1cnc[nH]1)c1ccc(CC2CCCNC2)cc1. The Morgan fingerprint density at radius 1 is 1.30 bits per heavy atom. The lowest BCUT2D eigenvalue weighted by atomic mass is 9.92. The molecule has 2 aromatic rings. The molecule has 1 aliphatic rings. The molecule has 122 valence electrons. The van der Waals surface area contributed by atoms with Crippen LogP contribution >= 0.6 is 0 Å². The highest BCUT2D eigenvalue weighted by Crippen LogP contribution is 2.16. The molecule has 5 nitrogen and oxygen atoms in total. The van der Waals surface area contributed by atoms with Crippen molar-refractivity contribution >= 4 is 5.91 Å². The predicted octanol–water partition coefficient (Wildman–Crippen LogP) is 1.92. The van der Waals surface area contributed by atoms with Gasteiger partial charge in [-0.25, -0.2) is 4.98 Å². The van der Waals surface area contributed by atoms with E-state index in [1.165, 1.54) is 18.4 Å². The average Bonchev–Trinajstić information content (AvgIpc) is 3.10. The number of nitrogens with zero attached hydrogens (tertiary/aromatic N) is 1. The van der Waals surface area contributed by atoms with Crippen LogP contribution < -0.4 is 10.6 Å². The monoisotopic (exact) mass is 312 g/mol. The van der Waals surface area contributed by atoms with Crippen LogP contribution in [0.4, 0.5) is 0 Å². The number of hydrogen-bond acceptors (Lipinski definition) is 3. The number of H-pyrrole nitrogens is 1. The highest BCUT2D eigenvalue weighted by Gasteiger charge is 2.13. The van der Waals surface area contributed by atoms with Gasteiger partial charge < -0.3 is 15.6 Å². The summed E-state index contributed by atoms with van der Waals surface area (Å²) in [5.74, 6) is 0.702. The fraction of sp³-hybridized carbons (Fsp3) is 0.444. The molecular formula is C18H24N4O. The second-order valence-corrected chi connectivity index (χ2v) is 6.20. The number of nitrogens with one attached hydrogen (secondary N) is 3. The molecule has 1 aromatic heterocycles. The Hall–Kier alpha value is -2.14. The minimum atomic E-state index is -0.0181. The number of benzene rings is 1. The highest BCUT2D eigenvalue weighted by atomic mass is 16.1. The van der Waals surface area contributed by atoms with Crippen LogP contribution in [-0.2, 0) is 12.8 Å². The van der Waals surface area contributed by atoms with Crippen molar-refractivity contribution in [2.75, 3.05) is 19.6 Å². The van der Waals surface area contributed by atoms with E-state index in [9.17, 15) is 4.79 Å². The zero-order chi connectivity index (χ0) is 15.9. The van der Waals surface area contributed by atoms with Crippen molar-refractivity contribution in [2.45, 2.75) is 25.7 Å². The second kappa shape index (κ2) is 7.92.